The Morgan fingerprint density at radius 2 is 1.70 bits per heavy atom. The van der Waals surface area contributed by atoms with Crippen LogP contribution in [0.15, 0.2) is 45.3 Å². The lowest BCUT2D eigenvalue weighted by Gasteiger charge is -2.13. The predicted molar refractivity (Wildman–Crippen MR) is 110 cm³/mol. The van der Waals surface area contributed by atoms with Crippen LogP contribution in [-0.4, -0.2) is 25.0 Å². The molecule has 144 valence electrons. The van der Waals surface area contributed by atoms with Crippen molar-refractivity contribution in [1.82, 2.24) is 10.9 Å². The monoisotopic (exact) mass is 498 g/mol. The summed E-state index contributed by atoms with van der Waals surface area (Å²) in [5, 5.41) is 0. The SMILES string of the molecule is CCOc1ccc(Br)cc1C(=O)NNC(=O)COc1ccc(CC)cc1Br. The molecule has 0 spiro atoms. The summed E-state index contributed by atoms with van der Waals surface area (Å²) in [4.78, 5) is 24.3. The number of nitrogens with one attached hydrogen (secondary N) is 2. The molecule has 8 heteroatoms. The van der Waals surface area contributed by atoms with E-state index in [4.69, 9.17) is 9.47 Å². The summed E-state index contributed by atoms with van der Waals surface area (Å²) in [5.74, 6) is 0.0206. The van der Waals surface area contributed by atoms with Gasteiger partial charge in [0.2, 0.25) is 0 Å². The summed E-state index contributed by atoms with van der Waals surface area (Å²) >= 11 is 6.73. The van der Waals surface area contributed by atoms with Crippen LogP contribution in [0.2, 0.25) is 0 Å². The third-order valence-electron chi connectivity index (χ3n) is 3.56. The smallest absolute Gasteiger partial charge is 0.276 e. The fourth-order valence-corrected chi connectivity index (χ4v) is 3.12. The van der Waals surface area contributed by atoms with Gasteiger partial charge in [-0.25, -0.2) is 0 Å². The first kappa shape index (κ1) is 21.2. The van der Waals surface area contributed by atoms with Crippen molar-refractivity contribution < 1.29 is 19.1 Å². The summed E-state index contributed by atoms with van der Waals surface area (Å²) in [5.41, 5.74) is 6.16. The molecule has 0 saturated heterocycles. The Labute approximate surface area is 174 Å². The van der Waals surface area contributed by atoms with Crippen LogP contribution in [0.25, 0.3) is 0 Å². The van der Waals surface area contributed by atoms with E-state index in [1.165, 1.54) is 0 Å². The topological polar surface area (TPSA) is 76.7 Å². The van der Waals surface area contributed by atoms with Gasteiger partial charge in [0.15, 0.2) is 6.61 Å². The molecule has 0 atom stereocenters. The number of halogens is 2. The lowest BCUT2D eigenvalue weighted by molar-refractivity contribution is -0.123. The molecule has 0 aliphatic heterocycles. The maximum Gasteiger partial charge on any atom is 0.276 e. The average molecular weight is 500 g/mol. The van der Waals surface area contributed by atoms with Crippen molar-refractivity contribution in [3.8, 4) is 11.5 Å². The van der Waals surface area contributed by atoms with Crippen LogP contribution >= 0.6 is 31.9 Å². The molecular formula is C19H20Br2N2O4. The molecule has 0 saturated carbocycles. The maximum atomic E-state index is 12.3. The highest BCUT2D eigenvalue weighted by Gasteiger charge is 2.14. The largest absolute Gasteiger partial charge is 0.493 e. The van der Waals surface area contributed by atoms with Crippen molar-refractivity contribution in [3.63, 3.8) is 0 Å². The van der Waals surface area contributed by atoms with Crippen molar-refractivity contribution in [2.75, 3.05) is 13.2 Å². The zero-order chi connectivity index (χ0) is 19.8. The van der Waals surface area contributed by atoms with E-state index >= 15 is 0 Å². The molecule has 0 heterocycles. The molecule has 2 aromatic rings. The Balaban J connectivity index is 1.90. The van der Waals surface area contributed by atoms with E-state index in [-0.39, 0.29) is 6.61 Å². The van der Waals surface area contributed by atoms with E-state index < -0.39 is 11.8 Å². The van der Waals surface area contributed by atoms with Gasteiger partial charge in [0, 0.05) is 4.47 Å². The van der Waals surface area contributed by atoms with Crippen molar-refractivity contribution in [3.05, 3.63) is 56.5 Å². The fourth-order valence-electron chi connectivity index (χ4n) is 2.22. The third kappa shape index (κ3) is 6.25. The van der Waals surface area contributed by atoms with Gasteiger partial charge in [0.1, 0.15) is 11.5 Å². The van der Waals surface area contributed by atoms with Crippen LogP contribution in [0.5, 0.6) is 11.5 Å². The van der Waals surface area contributed by atoms with Gasteiger partial charge in [-0.1, -0.05) is 28.9 Å². The molecule has 0 unspecified atom stereocenters. The van der Waals surface area contributed by atoms with Crippen LogP contribution < -0.4 is 20.3 Å². The van der Waals surface area contributed by atoms with Gasteiger partial charge in [-0.05, 0) is 65.2 Å². The number of benzene rings is 2. The number of rotatable bonds is 7. The van der Waals surface area contributed by atoms with E-state index in [9.17, 15) is 9.59 Å². The lowest BCUT2D eigenvalue weighted by atomic mass is 10.2. The van der Waals surface area contributed by atoms with Crippen LogP contribution in [0, 0.1) is 0 Å². The molecule has 2 amide bonds. The number of aryl methyl sites for hydroxylation is 1. The standard InChI is InChI=1S/C19H20Br2N2O4/c1-3-12-5-7-17(15(21)9-12)27-11-18(24)22-23-19(25)14-10-13(20)6-8-16(14)26-4-2/h5-10H,3-4,11H2,1-2H3,(H,22,24)(H,23,25). The zero-order valence-electron chi connectivity index (χ0n) is 15.0. The summed E-state index contributed by atoms with van der Waals surface area (Å²) in [6.07, 6.45) is 0.907. The first-order valence-electron chi connectivity index (χ1n) is 8.37. The van der Waals surface area contributed by atoms with Gasteiger partial charge in [0.25, 0.3) is 11.8 Å². The highest BCUT2D eigenvalue weighted by molar-refractivity contribution is 9.10. The molecule has 0 fully saturated rings. The fraction of sp³-hybridized carbons (Fsp3) is 0.263. The normalized spacial score (nSPS) is 10.2. The number of hydrazine groups is 1. The molecule has 2 N–H and O–H groups in total. The second kappa shape index (κ2) is 10.3. The van der Waals surface area contributed by atoms with E-state index in [0.717, 1.165) is 20.9 Å². The van der Waals surface area contributed by atoms with E-state index in [1.54, 1.807) is 24.3 Å². The van der Waals surface area contributed by atoms with Crippen molar-refractivity contribution >= 4 is 43.7 Å². The van der Waals surface area contributed by atoms with Crippen LogP contribution in [-0.2, 0) is 11.2 Å². The molecule has 6 nitrogen and oxygen atoms in total. The summed E-state index contributed by atoms with van der Waals surface area (Å²) in [7, 11) is 0. The molecule has 2 rings (SSSR count). The van der Waals surface area contributed by atoms with Gasteiger partial charge in [-0.15, -0.1) is 0 Å². The number of carbonyl (C=O) groups is 2. The summed E-state index contributed by atoms with van der Waals surface area (Å²) < 4.78 is 12.4. The Morgan fingerprint density at radius 1 is 0.963 bits per heavy atom. The van der Waals surface area contributed by atoms with Crippen LogP contribution in [0.4, 0.5) is 0 Å². The average Bonchev–Trinajstić information content (AvgIpc) is 2.66. The predicted octanol–water partition coefficient (Wildman–Crippen LogP) is 4.01. The van der Waals surface area contributed by atoms with Gasteiger partial charge in [-0.2, -0.15) is 0 Å². The second-order valence-electron chi connectivity index (χ2n) is 5.48. The summed E-state index contributed by atoms with van der Waals surface area (Å²) in [6, 6.07) is 10.8. The Hall–Kier alpha value is -2.06. The number of carbonyl (C=O) groups excluding carboxylic acids is 2. The molecule has 0 bridgehead atoms. The maximum absolute atomic E-state index is 12.3. The highest BCUT2D eigenvalue weighted by atomic mass is 79.9. The molecule has 2 aromatic carbocycles. The Kier molecular flexibility index (Phi) is 8.12. The van der Waals surface area contributed by atoms with E-state index in [1.807, 2.05) is 19.1 Å². The minimum absolute atomic E-state index is 0.235. The molecule has 0 radical (unpaired) electrons. The third-order valence-corrected chi connectivity index (χ3v) is 4.68. The minimum atomic E-state index is -0.485. The van der Waals surface area contributed by atoms with Crippen LogP contribution in [0.3, 0.4) is 0 Å². The zero-order valence-corrected chi connectivity index (χ0v) is 18.1. The Morgan fingerprint density at radius 3 is 2.37 bits per heavy atom. The van der Waals surface area contributed by atoms with Crippen molar-refractivity contribution in [1.29, 1.82) is 0 Å². The van der Waals surface area contributed by atoms with Crippen molar-refractivity contribution in [2.24, 2.45) is 0 Å². The number of hydrogen-bond donors (Lipinski definition) is 2. The second-order valence-corrected chi connectivity index (χ2v) is 7.25. The lowest BCUT2D eigenvalue weighted by Crippen LogP contribution is -2.44. The number of amides is 2. The molecule has 27 heavy (non-hydrogen) atoms. The van der Waals surface area contributed by atoms with Gasteiger partial charge in [0.05, 0.1) is 16.6 Å². The molecular weight excluding hydrogens is 480 g/mol. The quantitative estimate of drug-likeness (QED) is 0.564. The molecule has 0 aromatic heterocycles. The van der Waals surface area contributed by atoms with Crippen LogP contribution in [0.1, 0.15) is 29.8 Å². The van der Waals surface area contributed by atoms with Gasteiger partial charge >= 0.3 is 0 Å². The number of hydrogen-bond acceptors (Lipinski definition) is 4. The van der Waals surface area contributed by atoms with Gasteiger partial charge < -0.3 is 9.47 Å². The molecule has 0 aliphatic rings. The minimum Gasteiger partial charge on any atom is -0.493 e. The van der Waals surface area contributed by atoms with E-state index in [2.05, 4.69) is 49.6 Å². The first-order chi connectivity index (χ1) is 12.9. The first-order valence-corrected chi connectivity index (χ1v) is 9.96. The Bertz CT molecular complexity index is 827. The molecule has 0 aliphatic carbocycles. The van der Waals surface area contributed by atoms with E-state index in [0.29, 0.717) is 23.7 Å². The highest BCUT2D eigenvalue weighted by Crippen LogP contribution is 2.26. The summed E-state index contributed by atoms with van der Waals surface area (Å²) in [6.45, 7) is 4.07. The number of ether oxygens (including phenoxy) is 2. The van der Waals surface area contributed by atoms with Crippen molar-refractivity contribution in [2.45, 2.75) is 20.3 Å². The van der Waals surface area contributed by atoms with Gasteiger partial charge in [-0.3, -0.25) is 20.4 Å².